The van der Waals surface area contributed by atoms with Gasteiger partial charge in [0.15, 0.2) is 0 Å². The van der Waals surface area contributed by atoms with E-state index in [-0.39, 0.29) is 44.1 Å². The number of phenols is 6. The number of phenolic OH excluding ortho intramolecular Hbond substituents is 6. The van der Waals surface area contributed by atoms with Crippen LogP contribution in [0.5, 0.6) is 34.5 Å². The van der Waals surface area contributed by atoms with E-state index in [1.54, 1.807) is 12.1 Å². The molecule has 12 nitrogen and oxygen atoms in total. The molecule has 6 unspecified atom stereocenters. The fraction of sp³-hybridized carbons (Fsp3) is 0.379. The first-order chi connectivity index (χ1) is 68.4. The van der Waals surface area contributed by atoms with Crippen LogP contribution >= 0.6 is 107 Å². The molecular formula is C116H154Cl6N6O6P6Ti6. The van der Waals surface area contributed by atoms with Crippen molar-refractivity contribution in [2.24, 2.45) is 0 Å². The summed E-state index contributed by atoms with van der Waals surface area (Å²) in [5.74, 6) is 2.45. The predicted octanol–water partition coefficient (Wildman–Crippen LogP) is 30.7. The molecule has 0 saturated carbocycles. The van der Waals surface area contributed by atoms with Crippen molar-refractivity contribution in [3.63, 3.8) is 0 Å². The second-order valence-corrected chi connectivity index (χ2v) is 50.5. The molecule has 780 valence electrons. The first-order valence-electron chi connectivity index (χ1n) is 47.6. The second kappa shape index (κ2) is 71.9. The molecule has 146 heavy (non-hydrogen) atoms. The van der Waals surface area contributed by atoms with Gasteiger partial charge in [-0.2, -0.15) is 0 Å². The minimum atomic E-state index is -0.0730. The molecule has 0 saturated heterocycles. The third kappa shape index (κ3) is 57.1. The summed E-state index contributed by atoms with van der Waals surface area (Å²) in [6.45, 7) is 67.6. The zero-order valence-corrected chi connectivity index (χ0v) is 111. The molecule has 30 heteroatoms. The Hall–Kier alpha value is -2.19. The van der Waals surface area contributed by atoms with Gasteiger partial charge in [0.1, 0.15) is 34.5 Å². The normalized spacial score (nSPS) is 11.6. The van der Waals surface area contributed by atoms with Crippen LogP contribution in [0.25, 0.3) is 31.9 Å². The summed E-state index contributed by atoms with van der Waals surface area (Å²) in [4.78, 5) is 0. The minimum absolute atomic E-state index is 0.0227. The van der Waals surface area contributed by atoms with Crippen LogP contribution in [0.3, 0.4) is 0 Å². The molecule has 0 radical (unpaired) electrons. The Morgan fingerprint density at radius 2 is 0.438 bits per heavy atom. The molecule has 0 aliphatic rings. The van der Waals surface area contributed by atoms with Gasteiger partial charge in [0.05, 0.1) is 0 Å². The summed E-state index contributed by atoms with van der Waals surface area (Å²) in [5, 5.41) is 104. The molecule has 12 aromatic carbocycles. The maximum absolute atomic E-state index is 10.8. The van der Waals surface area contributed by atoms with Gasteiger partial charge in [-0.3, -0.25) is 0 Å². The van der Waals surface area contributed by atoms with Crippen LogP contribution in [-0.2, 0) is 166 Å². The zero-order valence-electron chi connectivity index (χ0n) is 91.0. The van der Waals surface area contributed by atoms with E-state index < -0.39 is 0 Å². The Kier molecular flexibility index (Phi) is 69.9. The van der Waals surface area contributed by atoms with Crippen LogP contribution in [0, 0.1) is 41.5 Å². The first-order valence-corrected chi connectivity index (χ1v) is 66.5. The van der Waals surface area contributed by atoms with E-state index in [4.69, 9.17) is 31.9 Å². The number of nitrogens with zero attached hydrogens (tertiary/aromatic N) is 6. The van der Waals surface area contributed by atoms with Crippen molar-refractivity contribution in [3.8, 4) is 34.5 Å². The van der Waals surface area contributed by atoms with Gasteiger partial charge in [-0.25, -0.2) is 0 Å². The second-order valence-electron chi connectivity index (χ2n) is 42.5. The van der Waals surface area contributed by atoms with E-state index in [0.29, 0.717) is 99.1 Å². The Bertz CT molecular complexity index is 5710. The van der Waals surface area contributed by atoms with Gasteiger partial charge >= 0.3 is 172 Å². The van der Waals surface area contributed by atoms with Crippen molar-refractivity contribution < 1.29 is 147 Å². The van der Waals surface area contributed by atoms with Gasteiger partial charge in [-0.1, -0.05) is 463 Å². The fourth-order valence-electron chi connectivity index (χ4n) is 13.4. The number of aryl methyl sites for hydroxylation is 6. The number of para-hydroxylation sites is 2. The van der Waals surface area contributed by atoms with Gasteiger partial charge in [-0.15, -0.1) is 72.5 Å². The number of aromatic hydroxyl groups is 6. The molecule has 6 atom stereocenters. The monoisotopic (exact) mass is 2410 g/mol. The van der Waals surface area contributed by atoms with E-state index in [1.807, 2.05) is 88.4 Å². The van der Waals surface area contributed by atoms with Gasteiger partial charge in [0, 0.05) is 37.4 Å². The third-order valence-electron chi connectivity index (χ3n) is 21.0. The topological polar surface area (TPSA) is 206 Å². The van der Waals surface area contributed by atoms with Crippen LogP contribution in [0.4, 0.5) is 0 Å². The Morgan fingerprint density at radius 3 is 0.740 bits per heavy atom. The summed E-state index contributed by atoms with van der Waals surface area (Å²) in [6, 6.07) is 82.2. The van der Waals surface area contributed by atoms with Crippen molar-refractivity contribution in [1.29, 1.82) is 0 Å². The molecule has 12 rings (SSSR count). The van der Waals surface area contributed by atoms with Crippen molar-refractivity contribution in [2.75, 3.05) is 0 Å². The van der Waals surface area contributed by atoms with Crippen molar-refractivity contribution in [3.05, 3.63) is 352 Å². The SMILES string of the molecule is CC(C)(C)[N-]Cc1ccccc1Pc1ccccc1O.Cc1cc(C(C)(C)C)cc(Pc2ccccc2C[N-]C(C)(C)C)c1O.Cc1cc(C)c(O)c(Pc2ccccc2C[N-]C(C)(C)C)c1.Cc1cc(Pc2ccccc2C[N-]C(C)(C)C)c(O)c(C(C)(C)C)c1.Cc1ccc(O)c(Pc2ccccc2C[N-]C(C)(C)C)c1.Cc1cccc(Pc2ccccc2C[N-]C(C)(C)C)c1O.[Cl][Ti+].[Cl][Ti+].[Cl][Ti+].[Cl][Ti+].[Cl][Ti+].[Cl][Ti+]. The van der Waals surface area contributed by atoms with Gasteiger partial charge < -0.3 is 62.5 Å². The van der Waals surface area contributed by atoms with E-state index in [1.165, 1.54) is 204 Å². The third-order valence-corrected chi connectivity index (χ3v) is 29.6. The quantitative estimate of drug-likeness (QED) is 0.0256. The standard InChI is InChI=1S/2C22H31NOP.C19H25NOP.2C18H23NOP.C17H21NOP.6ClH.6Ti/c1-15-12-17(21(2,3)4)13-19(20(15)24)25-18-11-9-8-10-16(18)14-23-22(5,6)7;1-15-12-17(21(2,3)4)20(24)19(13-15)25-18-11-9-8-10-16(18)14-23-22(5,6)7;1-13-10-14(2)18(21)17(11-13)22-16-9-7-6-8-15(16)12-20-19(3,4)5;1-13-8-7-11-16(17(13)20)21-15-10-6-5-9-14(15)12-19-18(2,3)4;1-13-9-10-15(20)17(11-13)21-16-8-6-5-7-14(16)12-19-18(2,3)4;1-17(2,3)18-12-13-8-4-6-10-15(13)20-16-11-7-5-9-14(16)19;;;;;;;;;;;;/h2*8-13,24-25H,14H2,1-7H3;6-11,21-22H,12H2,1-5H3;2*5-11,20-21H,12H2,1-4H3;4-11,19-20H,12H2,1-3H3;6*1H;;;;;;/q6*-1;;;;;;;6*+2/p-6. The molecule has 0 heterocycles. The molecular weight excluding hydrogens is 2260 g/mol. The molecule has 0 aliphatic heterocycles. The van der Waals surface area contributed by atoms with Crippen molar-refractivity contribution in [2.45, 2.75) is 291 Å². The summed E-state index contributed by atoms with van der Waals surface area (Å²) in [6.07, 6.45) is 0. The van der Waals surface area contributed by atoms with Gasteiger partial charge in [0.25, 0.3) is 0 Å². The molecule has 0 spiro atoms. The number of halogens is 6. The van der Waals surface area contributed by atoms with Gasteiger partial charge in [0.2, 0.25) is 0 Å². The molecule has 0 aromatic heterocycles. The summed E-state index contributed by atoms with van der Waals surface area (Å²) in [5.41, 5.74) is 15.9. The summed E-state index contributed by atoms with van der Waals surface area (Å²) in [7, 11) is 30.5. The number of benzene rings is 12. The van der Waals surface area contributed by atoms with Crippen molar-refractivity contribution in [1.82, 2.24) is 0 Å². The van der Waals surface area contributed by atoms with Crippen LogP contribution in [-0.4, -0.2) is 63.9 Å². The average molecular weight is 2410 g/mol. The van der Waals surface area contributed by atoms with E-state index >= 15 is 0 Å². The Balaban J connectivity index is 0.000000858. The molecule has 0 aliphatic carbocycles. The van der Waals surface area contributed by atoms with Crippen LogP contribution < -0.4 is 63.7 Å². The van der Waals surface area contributed by atoms with Crippen LogP contribution in [0.1, 0.15) is 244 Å². The van der Waals surface area contributed by atoms with Crippen LogP contribution in [0.15, 0.2) is 243 Å². The summed E-state index contributed by atoms with van der Waals surface area (Å²) >= 11 is 8.83. The van der Waals surface area contributed by atoms with E-state index in [0.717, 1.165) is 80.3 Å². The average Bonchev–Trinajstić information content (AvgIpc) is 0.790. The number of hydrogen-bond acceptors (Lipinski definition) is 6. The Morgan fingerprint density at radius 1 is 0.205 bits per heavy atom. The van der Waals surface area contributed by atoms with E-state index in [2.05, 4.69) is 406 Å². The van der Waals surface area contributed by atoms with Gasteiger partial charge in [-0.05, 0) is 154 Å². The first kappa shape index (κ1) is 142. The van der Waals surface area contributed by atoms with Crippen LogP contribution in [0.2, 0.25) is 0 Å². The number of hydrogen-bond donors (Lipinski definition) is 6. The fourth-order valence-corrected chi connectivity index (χ4v) is 21.2. The van der Waals surface area contributed by atoms with E-state index in [9.17, 15) is 30.6 Å². The molecule has 0 amide bonds. The number of rotatable bonds is 24. The zero-order chi connectivity index (χ0) is 111. The molecule has 0 bridgehead atoms. The summed E-state index contributed by atoms with van der Waals surface area (Å²) < 4.78 is 0. The molecule has 12 aromatic rings. The Labute approximate surface area is 984 Å². The van der Waals surface area contributed by atoms with Crippen molar-refractivity contribution >= 4 is 171 Å². The molecule has 0 fully saturated rings. The maximum atomic E-state index is 10.8. The predicted molar refractivity (Wildman–Crippen MR) is 635 cm³/mol. The molecule has 6 N–H and O–H groups in total.